The number of hydrogen-bond donors (Lipinski definition) is 2. The average molecular weight is 255 g/mol. The van der Waals surface area contributed by atoms with Crippen LogP contribution in [0.2, 0.25) is 0 Å². The van der Waals surface area contributed by atoms with E-state index in [0.717, 1.165) is 22.6 Å². The summed E-state index contributed by atoms with van der Waals surface area (Å²) in [6, 6.07) is 15.9. The Labute approximate surface area is 112 Å². The zero-order valence-corrected chi connectivity index (χ0v) is 10.8. The first-order valence-electron chi connectivity index (χ1n) is 6.46. The highest BCUT2D eigenvalue weighted by Gasteiger charge is 2.27. The molecular weight excluding hydrogens is 238 g/mol. The molecule has 1 aliphatic heterocycles. The van der Waals surface area contributed by atoms with Gasteiger partial charge in [0, 0.05) is 23.2 Å². The molecule has 2 atom stereocenters. The predicted molar refractivity (Wildman–Crippen MR) is 75.4 cm³/mol. The fourth-order valence-corrected chi connectivity index (χ4v) is 2.67. The summed E-state index contributed by atoms with van der Waals surface area (Å²) in [5.74, 6) is 0.853. The molecule has 19 heavy (non-hydrogen) atoms. The molecule has 0 aromatic heterocycles. The van der Waals surface area contributed by atoms with E-state index in [2.05, 4.69) is 5.32 Å². The second kappa shape index (κ2) is 4.94. The van der Waals surface area contributed by atoms with Gasteiger partial charge < -0.3 is 15.2 Å². The van der Waals surface area contributed by atoms with E-state index in [1.165, 1.54) is 0 Å². The topological polar surface area (TPSA) is 41.5 Å². The summed E-state index contributed by atoms with van der Waals surface area (Å²) in [5.41, 5.74) is 3.05. The van der Waals surface area contributed by atoms with Crippen LogP contribution in [-0.2, 0) is 0 Å². The van der Waals surface area contributed by atoms with Crippen molar-refractivity contribution in [1.82, 2.24) is 0 Å². The van der Waals surface area contributed by atoms with Crippen LogP contribution in [0.1, 0.15) is 29.7 Å². The van der Waals surface area contributed by atoms with Crippen LogP contribution in [0.3, 0.4) is 0 Å². The molecule has 0 amide bonds. The first-order valence-corrected chi connectivity index (χ1v) is 6.46. The van der Waals surface area contributed by atoms with E-state index in [0.29, 0.717) is 6.42 Å². The van der Waals surface area contributed by atoms with Crippen molar-refractivity contribution in [3.63, 3.8) is 0 Å². The summed E-state index contributed by atoms with van der Waals surface area (Å²) in [4.78, 5) is 0. The third-order valence-corrected chi connectivity index (χ3v) is 3.62. The molecule has 2 aromatic carbocycles. The molecule has 98 valence electrons. The minimum Gasteiger partial charge on any atom is -0.496 e. The maximum atomic E-state index is 10.3. The summed E-state index contributed by atoms with van der Waals surface area (Å²) in [7, 11) is 1.67. The zero-order valence-electron chi connectivity index (χ0n) is 10.8. The van der Waals surface area contributed by atoms with Crippen molar-refractivity contribution in [2.75, 3.05) is 12.4 Å². The van der Waals surface area contributed by atoms with E-state index in [1.807, 2.05) is 48.5 Å². The number of para-hydroxylation sites is 2. The Bertz CT molecular complexity index is 582. The van der Waals surface area contributed by atoms with Gasteiger partial charge in [0.1, 0.15) is 5.75 Å². The van der Waals surface area contributed by atoms with E-state index in [4.69, 9.17) is 4.74 Å². The maximum Gasteiger partial charge on any atom is 0.124 e. The summed E-state index contributed by atoms with van der Waals surface area (Å²) in [6.45, 7) is 0. The number of anilines is 1. The van der Waals surface area contributed by atoms with E-state index >= 15 is 0 Å². The Balaban J connectivity index is 1.97. The molecule has 0 spiro atoms. The third kappa shape index (κ3) is 2.17. The van der Waals surface area contributed by atoms with Crippen LogP contribution < -0.4 is 10.1 Å². The van der Waals surface area contributed by atoms with Crippen LogP contribution in [0.4, 0.5) is 5.69 Å². The molecule has 1 heterocycles. The van der Waals surface area contributed by atoms with Gasteiger partial charge in [0.05, 0.1) is 19.3 Å². The van der Waals surface area contributed by atoms with E-state index in [1.54, 1.807) is 7.11 Å². The second-order valence-corrected chi connectivity index (χ2v) is 4.78. The molecular formula is C16H17NO2. The quantitative estimate of drug-likeness (QED) is 0.865. The fourth-order valence-electron chi connectivity index (χ4n) is 2.67. The molecule has 0 radical (unpaired) electrons. The highest BCUT2D eigenvalue weighted by molar-refractivity contribution is 5.57. The smallest absolute Gasteiger partial charge is 0.124 e. The molecule has 0 fully saturated rings. The van der Waals surface area contributed by atoms with E-state index < -0.39 is 6.10 Å². The van der Waals surface area contributed by atoms with Crippen molar-refractivity contribution >= 4 is 5.69 Å². The number of methoxy groups -OCH3 is 1. The van der Waals surface area contributed by atoms with Gasteiger partial charge in [0.25, 0.3) is 0 Å². The third-order valence-electron chi connectivity index (χ3n) is 3.62. The molecule has 0 saturated carbocycles. The van der Waals surface area contributed by atoms with Crippen LogP contribution in [0, 0.1) is 0 Å². The summed E-state index contributed by atoms with van der Waals surface area (Å²) >= 11 is 0. The molecule has 0 unspecified atom stereocenters. The van der Waals surface area contributed by atoms with Gasteiger partial charge in [0.2, 0.25) is 0 Å². The SMILES string of the molecule is COc1ccccc1[C@@H]1C[C@H](O)c2ccccc2N1. The van der Waals surface area contributed by atoms with Crippen molar-refractivity contribution in [3.05, 3.63) is 59.7 Å². The molecule has 2 aromatic rings. The van der Waals surface area contributed by atoms with Gasteiger partial charge in [-0.15, -0.1) is 0 Å². The second-order valence-electron chi connectivity index (χ2n) is 4.78. The van der Waals surface area contributed by atoms with Gasteiger partial charge >= 0.3 is 0 Å². The molecule has 3 nitrogen and oxygen atoms in total. The van der Waals surface area contributed by atoms with E-state index in [9.17, 15) is 5.11 Å². The Morgan fingerprint density at radius 2 is 1.74 bits per heavy atom. The molecule has 0 saturated heterocycles. The normalized spacial score (nSPS) is 21.4. The zero-order chi connectivity index (χ0) is 13.2. The molecule has 0 aliphatic carbocycles. The maximum absolute atomic E-state index is 10.3. The minimum atomic E-state index is -0.438. The molecule has 3 heteroatoms. The summed E-state index contributed by atoms with van der Waals surface area (Å²) in [5, 5.41) is 13.8. The standard InChI is InChI=1S/C16H17NO2/c1-19-16-9-5-3-7-12(16)14-10-15(18)11-6-2-4-8-13(11)17-14/h2-9,14-15,17-18H,10H2,1H3/t14-,15-/m0/s1. The van der Waals surface area contributed by atoms with Gasteiger partial charge in [-0.1, -0.05) is 36.4 Å². The monoisotopic (exact) mass is 255 g/mol. The van der Waals surface area contributed by atoms with Crippen molar-refractivity contribution in [2.24, 2.45) is 0 Å². The molecule has 2 N–H and O–H groups in total. The number of rotatable bonds is 2. The van der Waals surface area contributed by atoms with Gasteiger partial charge in [-0.05, 0) is 12.1 Å². The Kier molecular flexibility index (Phi) is 3.13. The number of hydrogen-bond acceptors (Lipinski definition) is 3. The number of aliphatic hydroxyl groups is 1. The van der Waals surface area contributed by atoms with Gasteiger partial charge in [-0.25, -0.2) is 0 Å². The van der Waals surface area contributed by atoms with Crippen molar-refractivity contribution in [1.29, 1.82) is 0 Å². The van der Waals surface area contributed by atoms with Gasteiger partial charge in [-0.2, -0.15) is 0 Å². The number of benzene rings is 2. The Morgan fingerprint density at radius 1 is 1.05 bits per heavy atom. The molecule has 0 bridgehead atoms. The predicted octanol–water partition coefficient (Wildman–Crippen LogP) is 3.29. The molecule has 3 rings (SSSR count). The summed E-state index contributed by atoms with van der Waals surface area (Å²) in [6.07, 6.45) is 0.213. The lowest BCUT2D eigenvalue weighted by Gasteiger charge is -2.31. The number of ether oxygens (including phenoxy) is 1. The number of aliphatic hydroxyl groups excluding tert-OH is 1. The lowest BCUT2D eigenvalue weighted by molar-refractivity contribution is 0.155. The first-order chi connectivity index (χ1) is 9.29. The van der Waals surface area contributed by atoms with Crippen LogP contribution in [0.5, 0.6) is 5.75 Å². The summed E-state index contributed by atoms with van der Waals surface area (Å²) < 4.78 is 5.40. The number of nitrogens with one attached hydrogen (secondary N) is 1. The van der Waals surface area contributed by atoms with E-state index in [-0.39, 0.29) is 6.04 Å². The Hall–Kier alpha value is -2.00. The van der Waals surface area contributed by atoms with Gasteiger partial charge in [0.15, 0.2) is 0 Å². The van der Waals surface area contributed by atoms with Crippen LogP contribution in [-0.4, -0.2) is 12.2 Å². The van der Waals surface area contributed by atoms with Gasteiger partial charge in [-0.3, -0.25) is 0 Å². The van der Waals surface area contributed by atoms with Crippen LogP contribution in [0.25, 0.3) is 0 Å². The average Bonchev–Trinajstić information content (AvgIpc) is 2.47. The van der Waals surface area contributed by atoms with Crippen LogP contribution in [0.15, 0.2) is 48.5 Å². The fraction of sp³-hybridized carbons (Fsp3) is 0.250. The highest BCUT2D eigenvalue weighted by atomic mass is 16.5. The Morgan fingerprint density at radius 3 is 2.53 bits per heavy atom. The molecule has 1 aliphatic rings. The largest absolute Gasteiger partial charge is 0.496 e. The van der Waals surface area contributed by atoms with Crippen LogP contribution >= 0.6 is 0 Å². The lowest BCUT2D eigenvalue weighted by Crippen LogP contribution is -2.21. The van der Waals surface area contributed by atoms with Crippen molar-refractivity contribution < 1.29 is 9.84 Å². The lowest BCUT2D eigenvalue weighted by atomic mass is 9.91. The first kappa shape index (κ1) is 12.1. The van der Waals surface area contributed by atoms with Crippen molar-refractivity contribution in [2.45, 2.75) is 18.6 Å². The highest BCUT2D eigenvalue weighted by Crippen LogP contribution is 2.40. The van der Waals surface area contributed by atoms with Crippen molar-refractivity contribution in [3.8, 4) is 5.75 Å². The minimum absolute atomic E-state index is 0.0704. The number of fused-ring (bicyclic) bond motifs is 1.